The van der Waals surface area contributed by atoms with Gasteiger partial charge >= 0.3 is 10.1 Å². The zero-order valence-electron chi connectivity index (χ0n) is 18.3. The van der Waals surface area contributed by atoms with E-state index in [9.17, 15) is 13.2 Å². The van der Waals surface area contributed by atoms with Gasteiger partial charge < -0.3 is 4.18 Å². The Bertz CT molecular complexity index is 1330. The fourth-order valence-corrected chi connectivity index (χ4v) is 5.19. The molecule has 10 heteroatoms. The third-order valence-electron chi connectivity index (χ3n) is 4.76. The number of aliphatic imine (C=N–C) groups is 1. The Hall–Kier alpha value is -3.24. The lowest BCUT2D eigenvalue weighted by Gasteiger charge is -2.20. The number of nitrogens with zero attached hydrogens (tertiary/aromatic N) is 3. The van der Waals surface area contributed by atoms with Crippen LogP contribution in [-0.4, -0.2) is 35.4 Å². The van der Waals surface area contributed by atoms with Crippen molar-refractivity contribution < 1.29 is 17.4 Å². The van der Waals surface area contributed by atoms with E-state index in [0.29, 0.717) is 16.6 Å². The first-order valence-electron chi connectivity index (χ1n) is 10.2. The SMILES string of the molecule is Cc1ccc(S(=O)(=O)Oc2cccc(/C=C3/C(=N)N4N=C(CC(C)C)SC4=NC3=O)c2)cc1. The second-order valence-electron chi connectivity index (χ2n) is 8.03. The number of amides is 1. The van der Waals surface area contributed by atoms with E-state index in [2.05, 4.69) is 23.9 Å². The summed E-state index contributed by atoms with van der Waals surface area (Å²) in [5.74, 6) is -0.136. The lowest BCUT2D eigenvalue weighted by molar-refractivity contribution is -0.114. The van der Waals surface area contributed by atoms with Gasteiger partial charge in [-0.05, 0) is 60.5 Å². The van der Waals surface area contributed by atoms with Crippen LogP contribution in [0.4, 0.5) is 0 Å². The minimum Gasteiger partial charge on any atom is -0.379 e. The highest BCUT2D eigenvalue weighted by Gasteiger charge is 2.35. The molecule has 0 unspecified atom stereocenters. The Morgan fingerprint density at radius 1 is 1.18 bits per heavy atom. The van der Waals surface area contributed by atoms with Crippen LogP contribution in [0.5, 0.6) is 5.75 Å². The van der Waals surface area contributed by atoms with Crippen LogP contribution in [0.25, 0.3) is 6.08 Å². The van der Waals surface area contributed by atoms with Gasteiger partial charge in [0.15, 0.2) is 5.84 Å². The molecule has 0 saturated carbocycles. The number of carbonyl (C=O) groups is 1. The van der Waals surface area contributed by atoms with E-state index in [0.717, 1.165) is 17.0 Å². The number of nitrogens with one attached hydrogen (secondary N) is 1. The molecule has 1 N–H and O–H groups in total. The molecule has 0 radical (unpaired) electrons. The third-order valence-corrected chi connectivity index (χ3v) is 6.96. The summed E-state index contributed by atoms with van der Waals surface area (Å²) in [5, 5.41) is 15.4. The number of hydrogen-bond donors (Lipinski definition) is 1. The molecule has 0 saturated heterocycles. The predicted molar refractivity (Wildman–Crippen MR) is 130 cm³/mol. The van der Waals surface area contributed by atoms with Gasteiger partial charge in [0.05, 0.1) is 5.57 Å². The van der Waals surface area contributed by atoms with Crippen molar-refractivity contribution in [3.8, 4) is 5.75 Å². The van der Waals surface area contributed by atoms with Gasteiger partial charge in [-0.25, -0.2) is 0 Å². The van der Waals surface area contributed by atoms with E-state index in [4.69, 9.17) is 9.59 Å². The number of fused-ring (bicyclic) bond motifs is 1. The van der Waals surface area contributed by atoms with Gasteiger partial charge in [-0.15, -0.1) is 0 Å². The van der Waals surface area contributed by atoms with Crippen LogP contribution >= 0.6 is 11.8 Å². The molecule has 0 bridgehead atoms. The topological polar surface area (TPSA) is 112 Å². The van der Waals surface area contributed by atoms with Crippen molar-refractivity contribution in [2.24, 2.45) is 16.0 Å². The lowest BCUT2D eigenvalue weighted by Crippen LogP contribution is -2.35. The lowest BCUT2D eigenvalue weighted by atomic mass is 10.1. The fraction of sp³-hybridized carbons (Fsp3) is 0.217. The highest BCUT2D eigenvalue weighted by atomic mass is 32.2. The van der Waals surface area contributed by atoms with E-state index >= 15 is 0 Å². The molecule has 2 aliphatic heterocycles. The molecule has 1 amide bonds. The molecule has 0 aliphatic carbocycles. The summed E-state index contributed by atoms with van der Waals surface area (Å²) in [7, 11) is -4.01. The number of rotatable bonds is 6. The summed E-state index contributed by atoms with van der Waals surface area (Å²) in [4.78, 5) is 16.7. The molecule has 0 atom stereocenters. The molecule has 4 rings (SSSR count). The summed E-state index contributed by atoms with van der Waals surface area (Å²) in [5.41, 5.74) is 1.49. The first-order chi connectivity index (χ1) is 15.6. The maximum absolute atomic E-state index is 12.6. The highest BCUT2D eigenvalue weighted by molar-refractivity contribution is 8.26. The zero-order chi connectivity index (χ0) is 23.8. The molecule has 2 heterocycles. The van der Waals surface area contributed by atoms with Gasteiger partial charge in [0.25, 0.3) is 5.91 Å². The van der Waals surface area contributed by atoms with Gasteiger partial charge in [-0.2, -0.15) is 23.5 Å². The summed E-state index contributed by atoms with van der Waals surface area (Å²) in [6, 6.07) is 12.7. The maximum atomic E-state index is 12.6. The van der Waals surface area contributed by atoms with Gasteiger partial charge in [0, 0.05) is 6.42 Å². The van der Waals surface area contributed by atoms with Crippen molar-refractivity contribution >= 4 is 49.9 Å². The van der Waals surface area contributed by atoms with Crippen LogP contribution in [0, 0.1) is 18.3 Å². The normalized spacial score (nSPS) is 17.3. The number of carbonyl (C=O) groups excluding carboxylic acids is 1. The van der Waals surface area contributed by atoms with Gasteiger partial charge in [0.2, 0.25) is 5.17 Å². The molecular formula is C23H22N4O4S2. The second kappa shape index (κ2) is 8.95. The molecule has 0 fully saturated rings. The predicted octanol–water partition coefficient (Wildman–Crippen LogP) is 4.43. The van der Waals surface area contributed by atoms with Crippen LogP contribution in [0.2, 0.25) is 0 Å². The first-order valence-corrected chi connectivity index (χ1v) is 12.4. The second-order valence-corrected chi connectivity index (χ2v) is 10.6. The van der Waals surface area contributed by atoms with Crippen molar-refractivity contribution in [2.45, 2.75) is 32.1 Å². The average Bonchev–Trinajstić information content (AvgIpc) is 3.13. The van der Waals surface area contributed by atoms with Gasteiger partial charge in [-0.3, -0.25) is 10.2 Å². The van der Waals surface area contributed by atoms with Crippen LogP contribution in [0.15, 0.2) is 69.1 Å². The Labute approximate surface area is 196 Å². The Morgan fingerprint density at radius 3 is 2.61 bits per heavy atom. The largest absolute Gasteiger partial charge is 0.379 e. The summed E-state index contributed by atoms with van der Waals surface area (Å²) in [6.07, 6.45) is 2.21. The monoisotopic (exact) mass is 482 g/mol. The summed E-state index contributed by atoms with van der Waals surface area (Å²) >= 11 is 1.30. The summed E-state index contributed by atoms with van der Waals surface area (Å²) in [6.45, 7) is 6.00. The number of thioether (sulfide) groups is 1. The zero-order valence-corrected chi connectivity index (χ0v) is 19.9. The quantitative estimate of drug-likeness (QED) is 0.482. The standard InChI is InChI=1S/C23H22N4O4S2/c1-14(2)11-20-26-27-21(24)19(22(28)25-23(27)32-20)13-16-5-4-6-17(12-16)31-33(29,30)18-9-7-15(3)8-10-18/h4-10,12-14,24H,11H2,1-3H3/b19-13-,24-21?. The summed E-state index contributed by atoms with van der Waals surface area (Å²) < 4.78 is 30.4. The minimum atomic E-state index is -4.01. The Morgan fingerprint density at radius 2 is 1.91 bits per heavy atom. The Kier molecular flexibility index (Phi) is 6.22. The van der Waals surface area contributed by atoms with Crippen molar-refractivity contribution in [2.75, 3.05) is 0 Å². The Balaban J connectivity index is 1.58. The number of amidine groups is 2. The van der Waals surface area contributed by atoms with E-state index < -0.39 is 16.0 Å². The molecule has 2 aliphatic rings. The number of hydrazone groups is 1. The first kappa shape index (κ1) is 22.9. The fourth-order valence-electron chi connectivity index (χ4n) is 3.17. The average molecular weight is 483 g/mol. The van der Waals surface area contributed by atoms with E-state index in [1.54, 1.807) is 24.3 Å². The number of hydrogen-bond acceptors (Lipinski definition) is 7. The molecule has 2 aromatic rings. The minimum absolute atomic E-state index is 0.0459. The smallest absolute Gasteiger partial charge is 0.339 e. The maximum Gasteiger partial charge on any atom is 0.339 e. The third kappa shape index (κ3) is 5.07. The molecule has 0 spiro atoms. The molecule has 2 aromatic carbocycles. The van der Waals surface area contributed by atoms with E-state index in [-0.39, 0.29) is 22.1 Å². The van der Waals surface area contributed by atoms with Crippen LogP contribution in [-0.2, 0) is 14.9 Å². The number of benzene rings is 2. The molecular weight excluding hydrogens is 460 g/mol. The molecule has 0 aromatic heterocycles. The van der Waals surface area contributed by atoms with Gasteiger partial charge in [-0.1, -0.05) is 43.7 Å². The molecule has 170 valence electrons. The van der Waals surface area contributed by atoms with E-state index in [1.165, 1.54) is 47.1 Å². The van der Waals surface area contributed by atoms with Crippen molar-refractivity contribution in [3.05, 3.63) is 65.2 Å². The van der Waals surface area contributed by atoms with E-state index in [1.807, 2.05) is 6.92 Å². The van der Waals surface area contributed by atoms with Crippen LogP contribution in [0.3, 0.4) is 0 Å². The van der Waals surface area contributed by atoms with Crippen molar-refractivity contribution in [3.63, 3.8) is 0 Å². The molecule has 8 nitrogen and oxygen atoms in total. The van der Waals surface area contributed by atoms with Gasteiger partial charge in [0.1, 0.15) is 15.7 Å². The van der Waals surface area contributed by atoms with Crippen molar-refractivity contribution in [1.82, 2.24) is 5.01 Å². The van der Waals surface area contributed by atoms with Crippen LogP contribution < -0.4 is 4.18 Å². The van der Waals surface area contributed by atoms with Crippen molar-refractivity contribution in [1.29, 1.82) is 5.41 Å². The van der Waals surface area contributed by atoms with Crippen LogP contribution in [0.1, 0.15) is 31.4 Å². The molecule has 33 heavy (non-hydrogen) atoms. The highest BCUT2D eigenvalue weighted by Crippen LogP contribution is 2.31. The number of aryl methyl sites for hydroxylation is 1.